The van der Waals surface area contributed by atoms with Gasteiger partial charge in [-0.1, -0.05) is 35.5 Å². The number of ether oxygens (including phenoxy) is 1. The first-order chi connectivity index (χ1) is 18.0. The number of carboxylic acid groups (broad SMARTS) is 1. The van der Waals surface area contributed by atoms with Crippen LogP contribution in [0.25, 0.3) is 33.2 Å². The average molecular weight is 500 g/mol. The Hall–Kier alpha value is -4.11. The molecule has 37 heavy (non-hydrogen) atoms. The van der Waals surface area contributed by atoms with Gasteiger partial charge >= 0.3 is 5.97 Å². The number of fused-ring (bicyclic) bond motifs is 3. The Kier molecular flexibility index (Phi) is 5.72. The molecule has 0 amide bonds. The first kappa shape index (κ1) is 23.3. The van der Waals surface area contributed by atoms with Gasteiger partial charge in [0.25, 0.3) is 0 Å². The summed E-state index contributed by atoms with van der Waals surface area (Å²) in [7, 11) is 1.81. The number of pyridine rings is 1. The molecule has 1 aliphatic heterocycles. The minimum Gasteiger partial charge on any atom is -0.478 e. The van der Waals surface area contributed by atoms with Crippen molar-refractivity contribution >= 4 is 27.9 Å². The topological polar surface area (TPSA) is 95.1 Å². The molecule has 0 radical (unpaired) electrons. The summed E-state index contributed by atoms with van der Waals surface area (Å²) in [5.74, 6) is -1.45. The molecule has 0 spiro atoms. The Morgan fingerprint density at radius 2 is 1.92 bits per heavy atom. The summed E-state index contributed by atoms with van der Waals surface area (Å²) in [6, 6.07) is 14.3. The summed E-state index contributed by atoms with van der Waals surface area (Å²) in [6.45, 7) is 3.11. The van der Waals surface area contributed by atoms with Crippen LogP contribution in [0.1, 0.15) is 40.5 Å². The van der Waals surface area contributed by atoms with E-state index in [-0.39, 0.29) is 22.9 Å². The van der Waals surface area contributed by atoms with Crippen molar-refractivity contribution in [2.75, 3.05) is 13.2 Å². The van der Waals surface area contributed by atoms with Crippen LogP contribution in [0.2, 0.25) is 0 Å². The number of aromatic nitrogens is 5. The molecule has 8 nitrogen and oxygen atoms in total. The molecule has 1 atom stereocenters. The number of hydrogen-bond acceptors (Lipinski definition) is 5. The van der Waals surface area contributed by atoms with E-state index in [2.05, 4.69) is 10.3 Å². The second-order valence-corrected chi connectivity index (χ2v) is 9.54. The molecule has 3 aromatic heterocycles. The van der Waals surface area contributed by atoms with Crippen molar-refractivity contribution in [2.24, 2.45) is 13.0 Å². The maximum Gasteiger partial charge on any atom is 0.337 e. The van der Waals surface area contributed by atoms with Crippen LogP contribution in [-0.2, 0) is 11.8 Å². The fourth-order valence-corrected chi connectivity index (χ4v) is 5.75. The highest BCUT2D eigenvalue weighted by Gasteiger charge is 2.32. The maximum atomic E-state index is 15.5. The van der Waals surface area contributed by atoms with Crippen LogP contribution in [0.15, 0.2) is 54.7 Å². The zero-order valence-electron chi connectivity index (χ0n) is 20.6. The Labute approximate surface area is 212 Å². The Morgan fingerprint density at radius 3 is 2.59 bits per heavy atom. The predicted octanol–water partition coefficient (Wildman–Crippen LogP) is 5.15. The molecule has 0 saturated carbocycles. The smallest absolute Gasteiger partial charge is 0.337 e. The minimum atomic E-state index is -1.11. The van der Waals surface area contributed by atoms with E-state index in [4.69, 9.17) is 9.72 Å². The molecule has 1 N–H and O–H groups in total. The van der Waals surface area contributed by atoms with E-state index in [0.717, 1.165) is 35.4 Å². The number of rotatable bonds is 5. The first-order valence-corrected chi connectivity index (χ1v) is 12.3. The van der Waals surface area contributed by atoms with Crippen molar-refractivity contribution in [3.63, 3.8) is 0 Å². The molecule has 9 heteroatoms. The molecular formula is C28H26FN5O3. The van der Waals surface area contributed by atoms with Crippen molar-refractivity contribution in [1.29, 1.82) is 0 Å². The highest BCUT2D eigenvalue weighted by molar-refractivity contribution is 6.13. The lowest BCUT2D eigenvalue weighted by Gasteiger charge is -2.33. The molecule has 1 unspecified atom stereocenters. The van der Waals surface area contributed by atoms with E-state index >= 15 is 4.39 Å². The molecule has 2 aromatic carbocycles. The SMILES string of the molecule is Cc1nnn(C)c1-c1cnc2c3c(F)ccc(C(=O)O)c3n(C(c3ccccc3)C3CCOCC3)c2c1. The van der Waals surface area contributed by atoms with Crippen molar-refractivity contribution in [1.82, 2.24) is 24.5 Å². The summed E-state index contributed by atoms with van der Waals surface area (Å²) < 4.78 is 24.8. The van der Waals surface area contributed by atoms with Crippen LogP contribution >= 0.6 is 0 Å². The van der Waals surface area contributed by atoms with Gasteiger partial charge in [-0.3, -0.25) is 4.98 Å². The van der Waals surface area contributed by atoms with Crippen molar-refractivity contribution in [2.45, 2.75) is 25.8 Å². The predicted molar refractivity (Wildman–Crippen MR) is 137 cm³/mol. The third kappa shape index (κ3) is 3.77. The monoisotopic (exact) mass is 499 g/mol. The van der Waals surface area contributed by atoms with Crippen LogP contribution in [0.3, 0.4) is 0 Å². The van der Waals surface area contributed by atoms with E-state index in [1.54, 1.807) is 10.9 Å². The summed E-state index contributed by atoms with van der Waals surface area (Å²) in [5, 5.41) is 18.7. The molecule has 1 saturated heterocycles. The van der Waals surface area contributed by atoms with Gasteiger partial charge in [-0.05, 0) is 49.4 Å². The second-order valence-electron chi connectivity index (χ2n) is 9.54. The molecule has 1 fully saturated rings. The molecule has 0 aliphatic carbocycles. The van der Waals surface area contributed by atoms with Gasteiger partial charge in [0.2, 0.25) is 0 Å². The standard InChI is InChI=1S/C28H26FN5O3/c1-16-25(33(2)32-31-16)19-14-22-24(30-15-19)23-21(29)9-8-20(28(35)36)27(23)34(22)26(17-6-4-3-5-7-17)18-10-12-37-13-11-18/h3-9,14-15,18,26H,10-13H2,1-2H3,(H,35,36). The maximum absolute atomic E-state index is 15.5. The van der Waals surface area contributed by atoms with Gasteiger partial charge in [0, 0.05) is 32.0 Å². The first-order valence-electron chi connectivity index (χ1n) is 12.3. The third-order valence-electron chi connectivity index (χ3n) is 7.36. The number of nitrogens with zero attached hydrogens (tertiary/aromatic N) is 5. The Bertz CT molecular complexity index is 1620. The van der Waals surface area contributed by atoms with Crippen LogP contribution < -0.4 is 0 Å². The van der Waals surface area contributed by atoms with E-state index in [1.165, 1.54) is 12.1 Å². The van der Waals surface area contributed by atoms with E-state index in [9.17, 15) is 9.90 Å². The van der Waals surface area contributed by atoms with Gasteiger partial charge in [-0.2, -0.15) is 0 Å². The number of aromatic carboxylic acids is 1. The van der Waals surface area contributed by atoms with Crippen molar-refractivity contribution < 1.29 is 19.0 Å². The lowest BCUT2D eigenvalue weighted by molar-refractivity contribution is 0.0551. The molecule has 188 valence electrons. The number of benzene rings is 2. The Balaban J connectivity index is 1.75. The van der Waals surface area contributed by atoms with Gasteiger partial charge in [-0.15, -0.1) is 5.10 Å². The van der Waals surface area contributed by atoms with Crippen molar-refractivity contribution in [3.8, 4) is 11.3 Å². The van der Waals surface area contributed by atoms with Gasteiger partial charge in [0.1, 0.15) is 5.82 Å². The number of aryl methyl sites for hydroxylation is 2. The van der Waals surface area contributed by atoms with Gasteiger partial charge in [0.05, 0.1) is 44.9 Å². The quantitative estimate of drug-likeness (QED) is 0.360. The zero-order chi connectivity index (χ0) is 25.7. The number of halogens is 1. The highest BCUT2D eigenvalue weighted by atomic mass is 19.1. The molecule has 0 bridgehead atoms. The lowest BCUT2D eigenvalue weighted by Crippen LogP contribution is -2.27. The fraction of sp³-hybridized carbons (Fsp3) is 0.286. The lowest BCUT2D eigenvalue weighted by atomic mass is 9.86. The van der Waals surface area contributed by atoms with Gasteiger partial charge in [0.15, 0.2) is 0 Å². The average Bonchev–Trinajstić information content (AvgIpc) is 3.42. The van der Waals surface area contributed by atoms with E-state index < -0.39 is 11.8 Å². The van der Waals surface area contributed by atoms with Gasteiger partial charge < -0.3 is 14.4 Å². The van der Waals surface area contributed by atoms with Crippen LogP contribution in [0.4, 0.5) is 4.39 Å². The molecule has 6 rings (SSSR count). The second kappa shape index (κ2) is 9.08. The summed E-state index contributed by atoms with van der Waals surface area (Å²) in [5.41, 5.74) is 4.83. The summed E-state index contributed by atoms with van der Waals surface area (Å²) >= 11 is 0. The molecular weight excluding hydrogens is 473 g/mol. The normalized spacial score (nSPS) is 15.4. The van der Waals surface area contributed by atoms with Crippen molar-refractivity contribution in [3.05, 3.63) is 77.4 Å². The summed E-state index contributed by atoms with van der Waals surface area (Å²) in [4.78, 5) is 17.1. The van der Waals surface area contributed by atoms with Gasteiger partial charge in [-0.25, -0.2) is 13.9 Å². The van der Waals surface area contributed by atoms with Crippen LogP contribution in [-0.4, -0.2) is 48.8 Å². The fourth-order valence-electron chi connectivity index (χ4n) is 5.75. The minimum absolute atomic E-state index is 0.0438. The number of carbonyl (C=O) groups is 1. The summed E-state index contributed by atoms with van der Waals surface area (Å²) in [6.07, 6.45) is 3.28. The van der Waals surface area contributed by atoms with E-state index in [1.807, 2.05) is 54.9 Å². The largest absolute Gasteiger partial charge is 0.478 e. The number of hydrogen-bond donors (Lipinski definition) is 1. The molecule has 1 aliphatic rings. The Morgan fingerprint density at radius 1 is 1.16 bits per heavy atom. The molecule has 5 aromatic rings. The van der Waals surface area contributed by atoms with E-state index in [0.29, 0.717) is 29.8 Å². The number of carboxylic acids is 1. The third-order valence-corrected chi connectivity index (χ3v) is 7.36. The van der Waals surface area contributed by atoms with Crippen LogP contribution in [0, 0.1) is 18.7 Å². The molecule has 4 heterocycles. The highest BCUT2D eigenvalue weighted by Crippen LogP contribution is 2.42. The van der Waals surface area contributed by atoms with Crippen LogP contribution in [0.5, 0.6) is 0 Å². The zero-order valence-corrected chi connectivity index (χ0v) is 20.6.